The Balaban J connectivity index is 1.48. The van der Waals surface area contributed by atoms with Crippen molar-refractivity contribution in [2.45, 2.75) is 32.2 Å². The highest BCUT2D eigenvalue weighted by molar-refractivity contribution is 7.22. The molecule has 1 amide bonds. The predicted molar refractivity (Wildman–Crippen MR) is 122 cm³/mol. The second-order valence-corrected chi connectivity index (χ2v) is 9.60. The molecular formula is C23H23N5O2S. The number of nitrogen functional groups attached to an aromatic ring is 1. The van der Waals surface area contributed by atoms with Gasteiger partial charge >= 0.3 is 0 Å². The number of carbonyl (C=O) groups excluding carboxylic acids is 1. The SMILES string of the molecule is NC(=O)[C@@H](Cc1cc2c3c(c1)nc(-c1ccc4nc(N)sc4c1)n3CCCO2)C1CC1. The number of anilines is 1. The lowest BCUT2D eigenvalue weighted by Gasteiger charge is -2.13. The van der Waals surface area contributed by atoms with Crippen molar-refractivity contribution in [2.75, 3.05) is 12.3 Å². The number of fused-ring (bicyclic) bond motifs is 1. The topological polar surface area (TPSA) is 109 Å². The van der Waals surface area contributed by atoms with Gasteiger partial charge in [0.1, 0.15) is 17.1 Å². The number of carbonyl (C=O) groups is 1. The molecule has 0 unspecified atom stereocenters. The van der Waals surface area contributed by atoms with E-state index in [0.29, 0.717) is 24.1 Å². The summed E-state index contributed by atoms with van der Waals surface area (Å²) in [6, 6.07) is 10.3. The molecule has 1 aliphatic carbocycles. The first-order valence-corrected chi connectivity index (χ1v) is 11.5. The third kappa shape index (κ3) is 3.22. The van der Waals surface area contributed by atoms with Crippen LogP contribution in [0.3, 0.4) is 0 Å². The number of hydrogen-bond acceptors (Lipinski definition) is 6. The molecule has 2 aliphatic rings. The van der Waals surface area contributed by atoms with Crippen LogP contribution in [0.4, 0.5) is 5.13 Å². The van der Waals surface area contributed by atoms with Gasteiger partial charge in [0, 0.05) is 18.0 Å². The van der Waals surface area contributed by atoms with Gasteiger partial charge in [-0.05, 0) is 67.5 Å². The van der Waals surface area contributed by atoms with Crippen molar-refractivity contribution in [3.8, 4) is 17.1 Å². The summed E-state index contributed by atoms with van der Waals surface area (Å²) in [5, 5.41) is 0.568. The number of rotatable bonds is 5. The van der Waals surface area contributed by atoms with Crippen molar-refractivity contribution < 1.29 is 9.53 Å². The van der Waals surface area contributed by atoms with Crippen molar-refractivity contribution in [1.29, 1.82) is 0 Å². The minimum Gasteiger partial charge on any atom is -0.491 e. The Morgan fingerprint density at radius 2 is 2.10 bits per heavy atom. The second kappa shape index (κ2) is 6.95. The van der Waals surface area contributed by atoms with Gasteiger partial charge in [-0.2, -0.15) is 0 Å². The molecule has 4 aromatic rings. The van der Waals surface area contributed by atoms with E-state index in [-0.39, 0.29) is 11.8 Å². The Bertz CT molecular complexity index is 1340. The number of amides is 1. The minimum absolute atomic E-state index is 0.115. The standard InChI is InChI=1S/C23H23N5O2S/c24-21(29)15(13-2-3-13)8-12-9-17-20-18(10-12)30-7-1-6-28(20)22(26-17)14-4-5-16-19(11-14)31-23(25)27-16/h4-5,9-11,13,15H,1-3,6-8H2,(H2,24,29)(H2,25,27)/t15-/m0/s1. The average molecular weight is 434 g/mol. The van der Waals surface area contributed by atoms with Crippen molar-refractivity contribution >= 4 is 43.6 Å². The van der Waals surface area contributed by atoms with Crippen LogP contribution in [-0.4, -0.2) is 27.0 Å². The maximum atomic E-state index is 12.0. The molecule has 1 fully saturated rings. The molecule has 7 nitrogen and oxygen atoms in total. The van der Waals surface area contributed by atoms with Crippen LogP contribution in [0.1, 0.15) is 24.8 Å². The van der Waals surface area contributed by atoms with E-state index in [0.717, 1.165) is 69.8 Å². The molecule has 4 N–H and O–H groups in total. The fourth-order valence-corrected chi connectivity index (χ4v) is 5.46. The molecule has 158 valence electrons. The van der Waals surface area contributed by atoms with Gasteiger partial charge < -0.3 is 20.8 Å². The lowest BCUT2D eigenvalue weighted by molar-refractivity contribution is -0.122. The number of thiazole rings is 1. The summed E-state index contributed by atoms with van der Waals surface area (Å²) in [5.74, 6) is 1.85. The fraction of sp³-hybridized carbons (Fsp3) is 0.348. The van der Waals surface area contributed by atoms with Crippen LogP contribution in [0.2, 0.25) is 0 Å². The number of hydrogen-bond donors (Lipinski definition) is 2. The molecule has 8 heteroatoms. The van der Waals surface area contributed by atoms with Crippen LogP contribution in [0, 0.1) is 11.8 Å². The number of imidazole rings is 1. The summed E-state index contributed by atoms with van der Waals surface area (Å²) < 4.78 is 9.40. The highest BCUT2D eigenvalue weighted by atomic mass is 32.1. The van der Waals surface area contributed by atoms with E-state index in [4.69, 9.17) is 21.2 Å². The zero-order chi connectivity index (χ0) is 21.1. The normalized spacial score (nSPS) is 16.9. The molecule has 6 rings (SSSR count). The molecule has 0 bridgehead atoms. The molecule has 0 saturated heterocycles. The van der Waals surface area contributed by atoms with Crippen LogP contribution < -0.4 is 16.2 Å². The molecule has 2 aromatic heterocycles. The van der Waals surface area contributed by atoms with E-state index < -0.39 is 0 Å². The van der Waals surface area contributed by atoms with Gasteiger partial charge in [-0.25, -0.2) is 9.97 Å². The van der Waals surface area contributed by atoms with Crippen molar-refractivity contribution in [1.82, 2.24) is 14.5 Å². The van der Waals surface area contributed by atoms with E-state index in [1.807, 2.05) is 6.07 Å². The van der Waals surface area contributed by atoms with E-state index >= 15 is 0 Å². The fourth-order valence-electron chi connectivity index (χ4n) is 4.69. The molecule has 1 aliphatic heterocycles. The number of primary amides is 1. The molecule has 2 aromatic carbocycles. The Labute approximate surface area is 183 Å². The molecule has 0 spiro atoms. The number of ether oxygens (including phenoxy) is 1. The number of aromatic nitrogens is 3. The zero-order valence-electron chi connectivity index (χ0n) is 17.0. The molecule has 0 radical (unpaired) electrons. The highest BCUT2D eigenvalue weighted by Gasteiger charge is 2.35. The lowest BCUT2D eigenvalue weighted by Crippen LogP contribution is -2.26. The Kier molecular flexibility index (Phi) is 4.17. The maximum absolute atomic E-state index is 12.0. The summed E-state index contributed by atoms with van der Waals surface area (Å²) in [6.45, 7) is 1.50. The lowest BCUT2D eigenvalue weighted by atomic mass is 9.94. The highest BCUT2D eigenvalue weighted by Crippen LogP contribution is 2.40. The largest absolute Gasteiger partial charge is 0.491 e. The molecule has 31 heavy (non-hydrogen) atoms. The number of benzene rings is 2. The first-order chi connectivity index (χ1) is 15.1. The van der Waals surface area contributed by atoms with Crippen molar-refractivity contribution in [2.24, 2.45) is 17.6 Å². The summed E-state index contributed by atoms with van der Waals surface area (Å²) >= 11 is 1.48. The van der Waals surface area contributed by atoms with Gasteiger partial charge in [-0.3, -0.25) is 4.79 Å². The van der Waals surface area contributed by atoms with Crippen LogP contribution in [0.15, 0.2) is 30.3 Å². The number of nitrogens with two attached hydrogens (primary N) is 2. The summed E-state index contributed by atoms with van der Waals surface area (Å²) in [5.41, 5.74) is 16.5. The van der Waals surface area contributed by atoms with Gasteiger partial charge in [0.2, 0.25) is 5.91 Å². The third-order valence-electron chi connectivity index (χ3n) is 6.33. The van der Waals surface area contributed by atoms with Crippen molar-refractivity contribution in [3.05, 3.63) is 35.9 Å². The smallest absolute Gasteiger partial charge is 0.221 e. The Morgan fingerprint density at radius 3 is 2.90 bits per heavy atom. The monoisotopic (exact) mass is 433 g/mol. The molecular weight excluding hydrogens is 410 g/mol. The van der Waals surface area contributed by atoms with Gasteiger partial charge in [-0.15, -0.1) is 0 Å². The second-order valence-electron chi connectivity index (χ2n) is 8.54. The first-order valence-electron chi connectivity index (χ1n) is 10.7. The Morgan fingerprint density at radius 1 is 1.23 bits per heavy atom. The van der Waals surface area contributed by atoms with Crippen LogP contribution in [-0.2, 0) is 17.8 Å². The Hall–Kier alpha value is -3.13. The van der Waals surface area contributed by atoms with E-state index in [2.05, 4.69) is 33.8 Å². The van der Waals surface area contributed by atoms with Gasteiger partial charge in [-0.1, -0.05) is 11.3 Å². The van der Waals surface area contributed by atoms with E-state index in [1.54, 1.807) is 0 Å². The van der Waals surface area contributed by atoms with Crippen LogP contribution in [0.5, 0.6) is 5.75 Å². The predicted octanol–water partition coefficient (Wildman–Crippen LogP) is 3.73. The quantitative estimate of drug-likeness (QED) is 0.498. The van der Waals surface area contributed by atoms with Gasteiger partial charge in [0.25, 0.3) is 0 Å². The first kappa shape index (κ1) is 18.6. The number of nitrogens with zero attached hydrogens (tertiary/aromatic N) is 3. The number of aryl methyl sites for hydroxylation is 1. The molecule has 3 heterocycles. The van der Waals surface area contributed by atoms with Crippen molar-refractivity contribution in [3.63, 3.8) is 0 Å². The van der Waals surface area contributed by atoms with Gasteiger partial charge in [0.05, 0.1) is 22.3 Å². The minimum atomic E-state index is -0.210. The van der Waals surface area contributed by atoms with Gasteiger partial charge in [0.15, 0.2) is 5.13 Å². The average Bonchev–Trinajstić information content (AvgIpc) is 3.45. The van der Waals surface area contributed by atoms with E-state index in [9.17, 15) is 4.79 Å². The molecule has 1 saturated carbocycles. The molecule has 1 atom stereocenters. The summed E-state index contributed by atoms with van der Waals surface area (Å²) in [4.78, 5) is 21.3. The van der Waals surface area contributed by atoms with Crippen LogP contribution >= 0.6 is 11.3 Å². The van der Waals surface area contributed by atoms with E-state index in [1.165, 1.54) is 11.3 Å². The third-order valence-corrected chi connectivity index (χ3v) is 7.17. The summed E-state index contributed by atoms with van der Waals surface area (Å²) in [6.07, 6.45) is 3.72. The maximum Gasteiger partial charge on any atom is 0.221 e. The zero-order valence-corrected chi connectivity index (χ0v) is 17.8. The summed E-state index contributed by atoms with van der Waals surface area (Å²) in [7, 11) is 0. The van der Waals surface area contributed by atoms with Crippen LogP contribution in [0.25, 0.3) is 32.6 Å².